The maximum absolute atomic E-state index is 12.2. The Morgan fingerprint density at radius 1 is 0.828 bits per heavy atom. The molecule has 0 radical (unpaired) electrons. The molecule has 0 bridgehead atoms. The van der Waals surface area contributed by atoms with Crippen LogP contribution in [0.15, 0.2) is 0 Å². The van der Waals surface area contributed by atoms with Crippen LogP contribution in [0.2, 0.25) is 0 Å². The average molecular weight is 413 g/mol. The summed E-state index contributed by atoms with van der Waals surface area (Å²) in [6, 6.07) is 0. The fourth-order valence-corrected chi connectivity index (χ4v) is 4.00. The van der Waals surface area contributed by atoms with Crippen molar-refractivity contribution >= 4 is 11.9 Å². The number of unbranched alkanes of at least 4 members (excludes halogenated alkanes) is 7. The average Bonchev–Trinajstić information content (AvgIpc) is 2.60. The quantitative estimate of drug-likeness (QED) is 0.186. The number of carbonyl (C=O) groups excluding carboxylic acids is 1. The molecule has 2 unspecified atom stereocenters. The van der Waals surface area contributed by atoms with E-state index < -0.39 is 5.97 Å². The number of ether oxygens (including phenoxy) is 1. The standard InChI is InChI=1S/C25H48O4/c1-6-7-8-9-10-11-12-15-22(19-18-21(2)20-25(3,4)5)29-24(28)17-14-13-16-23(26)27/h21-22H,6-20H2,1-5H3,(H,26,27). The molecule has 0 aliphatic rings. The summed E-state index contributed by atoms with van der Waals surface area (Å²) < 4.78 is 5.80. The minimum atomic E-state index is -0.803. The second-order valence-electron chi connectivity index (χ2n) is 10.1. The molecule has 29 heavy (non-hydrogen) atoms. The third-order valence-electron chi connectivity index (χ3n) is 5.39. The molecule has 2 atom stereocenters. The van der Waals surface area contributed by atoms with Gasteiger partial charge in [-0.2, -0.15) is 0 Å². The summed E-state index contributed by atoms with van der Waals surface area (Å²) >= 11 is 0. The Morgan fingerprint density at radius 2 is 1.41 bits per heavy atom. The van der Waals surface area contributed by atoms with Crippen molar-refractivity contribution in [2.45, 2.75) is 137 Å². The third-order valence-corrected chi connectivity index (χ3v) is 5.39. The molecule has 4 heteroatoms. The lowest BCUT2D eigenvalue weighted by Gasteiger charge is -2.25. The van der Waals surface area contributed by atoms with Crippen LogP contribution in [-0.4, -0.2) is 23.1 Å². The second-order valence-corrected chi connectivity index (χ2v) is 10.1. The molecule has 0 spiro atoms. The minimum absolute atomic E-state index is 0.0139. The van der Waals surface area contributed by atoms with Crippen molar-refractivity contribution in [2.24, 2.45) is 11.3 Å². The molecule has 0 rings (SSSR count). The minimum Gasteiger partial charge on any atom is -0.481 e. The van der Waals surface area contributed by atoms with E-state index in [-0.39, 0.29) is 18.5 Å². The third kappa shape index (κ3) is 20.0. The summed E-state index contributed by atoms with van der Waals surface area (Å²) in [4.78, 5) is 22.8. The first-order valence-corrected chi connectivity index (χ1v) is 12.0. The summed E-state index contributed by atoms with van der Waals surface area (Å²) in [5, 5.41) is 8.70. The van der Waals surface area contributed by atoms with Crippen molar-refractivity contribution in [1.82, 2.24) is 0 Å². The second kappa shape index (κ2) is 16.7. The lowest BCUT2D eigenvalue weighted by atomic mass is 9.83. The highest BCUT2D eigenvalue weighted by atomic mass is 16.5. The Bertz CT molecular complexity index is 425. The van der Waals surface area contributed by atoms with Crippen LogP contribution >= 0.6 is 0 Å². The van der Waals surface area contributed by atoms with E-state index >= 15 is 0 Å². The first kappa shape index (κ1) is 27.9. The predicted molar refractivity (Wildman–Crippen MR) is 121 cm³/mol. The smallest absolute Gasteiger partial charge is 0.306 e. The molecule has 0 saturated carbocycles. The van der Waals surface area contributed by atoms with Crippen LogP contribution in [0.4, 0.5) is 0 Å². The van der Waals surface area contributed by atoms with Gasteiger partial charge in [0.05, 0.1) is 0 Å². The molecule has 4 nitrogen and oxygen atoms in total. The topological polar surface area (TPSA) is 63.6 Å². The summed E-state index contributed by atoms with van der Waals surface area (Å²) in [6.45, 7) is 11.4. The maximum atomic E-state index is 12.2. The molecule has 0 amide bonds. The normalized spacial score (nSPS) is 13.8. The fourth-order valence-electron chi connectivity index (χ4n) is 4.00. The Kier molecular flexibility index (Phi) is 16.1. The first-order chi connectivity index (χ1) is 13.6. The van der Waals surface area contributed by atoms with Crippen LogP contribution in [0, 0.1) is 11.3 Å². The van der Waals surface area contributed by atoms with E-state index in [9.17, 15) is 9.59 Å². The van der Waals surface area contributed by atoms with Crippen LogP contribution in [0.3, 0.4) is 0 Å². The Labute approximate surface area is 180 Å². The van der Waals surface area contributed by atoms with E-state index in [1.165, 1.54) is 44.9 Å². The van der Waals surface area contributed by atoms with Gasteiger partial charge in [-0.25, -0.2) is 0 Å². The number of esters is 1. The van der Waals surface area contributed by atoms with Gasteiger partial charge in [0.25, 0.3) is 0 Å². The number of aliphatic carboxylic acids is 1. The molecule has 1 N–H and O–H groups in total. The molecule has 0 fully saturated rings. The number of carbonyl (C=O) groups is 2. The zero-order chi connectivity index (χ0) is 22.1. The number of rotatable bonds is 18. The van der Waals surface area contributed by atoms with E-state index in [1.807, 2.05) is 0 Å². The van der Waals surface area contributed by atoms with Crippen molar-refractivity contribution in [3.8, 4) is 0 Å². The van der Waals surface area contributed by atoms with Crippen LogP contribution in [-0.2, 0) is 14.3 Å². The van der Waals surface area contributed by atoms with E-state index in [0.717, 1.165) is 25.7 Å². The van der Waals surface area contributed by atoms with Crippen LogP contribution in [0.1, 0.15) is 131 Å². The van der Waals surface area contributed by atoms with Crippen LogP contribution in [0.25, 0.3) is 0 Å². The van der Waals surface area contributed by atoms with Crippen LogP contribution in [0.5, 0.6) is 0 Å². The molecular formula is C25H48O4. The number of carboxylic acid groups (broad SMARTS) is 1. The highest BCUT2D eigenvalue weighted by Gasteiger charge is 2.19. The number of hydrogen-bond donors (Lipinski definition) is 1. The zero-order valence-electron chi connectivity index (χ0n) is 19.9. The van der Waals surface area contributed by atoms with Crippen molar-refractivity contribution in [1.29, 1.82) is 0 Å². The van der Waals surface area contributed by atoms with E-state index in [4.69, 9.17) is 9.84 Å². The highest BCUT2D eigenvalue weighted by molar-refractivity contribution is 5.70. The maximum Gasteiger partial charge on any atom is 0.306 e. The van der Waals surface area contributed by atoms with Gasteiger partial charge >= 0.3 is 11.9 Å². The highest BCUT2D eigenvalue weighted by Crippen LogP contribution is 2.28. The van der Waals surface area contributed by atoms with Gasteiger partial charge < -0.3 is 9.84 Å². The van der Waals surface area contributed by atoms with Gasteiger partial charge in [-0.15, -0.1) is 0 Å². The molecule has 0 heterocycles. The largest absolute Gasteiger partial charge is 0.481 e. The molecule has 0 aromatic heterocycles. The van der Waals surface area contributed by atoms with Gasteiger partial charge in [-0.05, 0) is 56.3 Å². The molecule has 0 aliphatic carbocycles. The molecular weight excluding hydrogens is 364 g/mol. The fraction of sp³-hybridized carbons (Fsp3) is 0.920. The molecule has 0 aromatic rings. The Hall–Kier alpha value is -1.06. The number of hydrogen-bond acceptors (Lipinski definition) is 3. The van der Waals surface area contributed by atoms with Crippen LogP contribution < -0.4 is 0 Å². The number of carboxylic acids is 1. The molecule has 172 valence electrons. The summed E-state index contributed by atoms with van der Waals surface area (Å²) in [6.07, 6.45) is 14.6. The Balaban J connectivity index is 4.31. The van der Waals surface area contributed by atoms with Gasteiger partial charge in [0, 0.05) is 12.8 Å². The van der Waals surface area contributed by atoms with E-state index in [2.05, 4.69) is 34.6 Å². The molecule has 0 aliphatic heterocycles. The zero-order valence-corrected chi connectivity index (χ0v) is 19.9. The van der Waals surface area contributed by atoms with Crippen molar-refractivity contribution in [3.05, 3.63) is 0 Å². The lowest BCUT2D eigenvalue weighted by Crippen LogP contribution is -2.20. The summed E-state index contributed by atoms with van der Waals surface area (Å²) in [5.41, 5.74) is 0.328. The van der Waals surface area contributed by atoms with Gasteiger partial charge in [0.15, 0.2) is 0 Å². The first-order valence-electron chi connectivity index (χ1n) is 12.0. The van der Waals surface area contributed by atoms with Gasteiger partial charge in [-0.3, -0.25) is 9.59 Å². The van der Waals surface area contributed by atoms with Crippen molar-refractivity contribution < 1.29 is 19.4 Å². The van der Waals surface area contributed by atoms with Crippen molar-refractivity contribution in [3.63, 3.8) is 0 Å². The van der Waals surface area contributed by atoms with E-state index in [1.54, 1.807) is 0 Å². The van der Waals surface area contributed by atoms with Gasteiger partial charge in [0.2, 0.25) is 0 Å². The Morgan fingerprint density at radius 3 is 2.00 bits per heavy atom. The van der Waals surface area contributed by atoms with Crippen molar-refractivity contribution in [2.75, 3.05) is 0 Å². The van der Waals surface area contributed by atoms with Gasteiger partial charge in [-0.1, -0.05) is 73.1 Å². The summed E-state index contributed by atoms with van der Waals surface area (Å²) in [5.74, 6) is -0.337. The predicted octanol–water partition coefficient (Wildman–Crippen LogP) is 7.54. The SMILES string of the molecule is CCCCCCCCCC(CCC(C)CC(C)(C)C)OC(=O)CCCCC(=O)O. The van der Waals surface area contributed by atoms with Gasteiger partial charge in [0.1, 0.15) is 6.10 Å². The monoisotopic (exact) mass is 412 g/mol. The summed E-state index contributed by atoms with van der Waals surface area (Å²) in [7, 11) is 0. The van der Waals surface area contributed by atoms with E-state index in [0.29, 0.717) is 30.6 Å². The lowest BCUT2D eigenvalue weighted by molar-refractivity contribution is -0.150. The molecule has 0 saturated heterocycles. The molecule has 0 aromatic carbocycles.